The number of ether oxygens (including phenoxy) is 1. The maximum atomic E-state index is 5.87. The molecule has 5 heteroatoms. The number of aryl methyl sites for hydroxylation is 1. The van der Waals surface area contributed by atoms with Crippen LogP contribution in [0.3, 0.4) is 0 Å². The third-order valence-corrected chi connectivity index (χ3v) is 3.68. The smallest absolute Gasteiger partial charge is 0.122 e. The number of pyridine rings is 1. The van der Waals surface area contributed by atoms with Gasteiger partial charge < -0.3 is 10.1 Å². The van der Waals surface area contributed by atoms with E-state index in [1.54, 1.807) is 7.11 Å². The van der Waals surface area contributed by atoms with Gasteiger partial charge in [-0.1, -0.05) is 0 Å². The molecule has 3 nitrogen and oxygen atoms in total. The van der Waals surface area contributed by atoms with Crippen molar-refractivity contribution in [2.75, 3.05) is 18.9 Å². The number of methoxy groups -OCH3 is 1. The Kier molecular flexibility index (Phi) is 5.50. The van der Waals surface area contributed by atoms with Crippen molar-refractivity contribution in [2.45, 2.75) is 25.9 Å². The van der Waals surface area contributed by atoms with Gasteiger partial charge in [0.1, 0.15) is 5.75 Å². The Labute approximate surface area is 112 Å². The Bertz CT molecular complexity index is 368. The van der Waals surface area contributed by atoms with E-state index in [0.717, 1.165) is 17.1 Å². The highest BCUT2D eigenvalue weighted by Gasteiger charge is 2.21. The molecule has 0 atom stereocenters. The highest BCUT2D eigenvalue weighted by atomic mass is 35.5. The van der Waals surface area contributed by atoms with E-state index >= 15 is 0 Å². The van der Waals surface area contributed by atoms with Gasteiger partial charge in [-0.3, -0.25) is 4.98 Å². The highest BCUT2D eigenvalue weighted by molar-refractivity contribution is 6.22. The Hall–Kier alpha value is -0.510. The average molecular weight is 277 g/mol. The van der Waals surface area contributed by atoms with Crippen LogP contribution in [0.15, 0.2) is 12.1 Å². The molecule has 0 saturated carbocycles. The van der Waals surface area contributed by atoms with E-state index in [1.165, 1.54) is 0 Å². The van der Waals surface area contributed by atoms with Gasteiger partial charge in [-0.05, 0) is 13.8 Å². The Balaban J connectivity index is 2.72. The molecule has 0 radical (unpaired) electrons. The molecule has 1 aromatic heterocycles. The molecule has 0 spiro atoms. The molecule has 0 fully saturated rings. The number of aromatic nitrogens is 1. The minimum absolute atomic E-state index is 0.276. The zero-order valence-corrected chi connectivity index (χ0v) is 11.9. The lowest BCUT2D eigenvalue weighted by atomic mass is 10.1. The van der Waals surface area contributed by atoms with Crippen molar-refractivity contribution in [3.63, 3.8) is 0 Å². The topological polar surface area (TPSA) is 34.1 Å². The third kappa shape index (κ3) is 4.34. The molecule has 0 amide bonds. The summed E-state index contributed by atoms with van der Waals surface area (Å²) in [5.74, 6) is 1.73. The lowest BCUT2D eigenvalue weighted by Gasteiger charge is -2.25. The summed E-state index contributed by atoms with van der Waals surface area (Å²) in [6.07, 6.45) is 0. The number of hydrogen-bond acceptors (Lipinski definition) is 3. The first-order chi connectivity index (χ1) is 8.03. The first-order valence-electron chi connectivity index (χ1n) is 5.41. The molecular formula is C12H18Cl2N2O. The van der Waals surface area contributed by atoms with Crippen molar-refractivity contribution in [3.05, 3.63) is 23.5 Å². The van der Waals surface area contributed by atoms with Gasteiger partial charge in [-0.15, -0.1) is 23.2 Å². The first-order valence-corrected chi connectivity index (χ1v) is 6.48. The van der Waals surface area contributed by atoms with Crippen molar-refractivity contribution < 1.29 is 4.74 Å². The molecule has 1 rings (SSSR count). The molecule has 1 heterocycles. The number of hydrogen-bond donors (Lipinski definition) is 1. The second kappa shape index (κ2) is 6.43. The third-order valence-electron chi connectivity index (χ3n) is 2.50. The van der Waals surface area contributed by atoms with E-state index in [0.29, 0.717) is 18.3 Å². The summed E-state index contributed by atoms with van der Waals surface area (Å²) in [5.41, 5.74) is 1.57. The zero-order valence-electron chi connectivity index (χ0n) is 10.4. The van der Waals surface area contributed by atoms with Crippen LogP contribution in [0.4, 0.5) is 0 Å². The largest absolute Gasteiger partial charge is 0.497 e. The van der Waals surface area contributed by atoms with Crippen molar-refractivity contribution in [1.82, 2.24) is 10.3 Å². The lowest BCUT2D eigenvalue weighted by Crippen LogP contribution is -2.45. The van der Waals surface area contributed by atoms with Gasteiger partial charge in [0.25, 0.3) is 0 Å². The van der Waals surface area contributed by atoms with Crippen LogP contribution in [0.2, 0.25) is 0 Å². The fourth-order valence-electron chi connectivity index (χ4n) is 1.35. The van der Waals surface area contributed by atoms with Crippen molar-refractivity contribution in [1.29, 1.82) is 0 Å². The van der Waals surface area contributed by atoms with E-state index in [1.807, 2.05) is 26.0 Å². The second-order valence-corrected chi connectivity index (χ2v) is 4.86. The van der Waals surface area contributed by atoms with Crippen LogP contribution in [-0.2, 0) is 6.54 Å². The molecule has 96 valence electrons. The SMILES string of the molecule is COc1cc(C)nc(CNC(C)(CCl)CCl)c1. The molecule has 0 aromatic carbocycles. The fourth-order valence-corrected chi connectivity index (χ4v) is 1.82. The van der Waals surface area contributed by atoms with E-state index in [4.69, 9.17) is 27.9 Å². The number of rotatable bonds is 6. The molecule has 0 saturated heterocycles. The van der Waals surface area contributed by atoms with Crippen LogP contribution in [0.5, 0.6) is 5.75 Å². The van der Waals surface area contributed by atoms with E-state index in [-0.39, 0.29) is 5.54 Å². The Morgan fingerprint density at radius 3 is 2.53 bits per heavy atom. The van der Waals surface area contributed by atoms with Gasteiger partial charge in [0.15, 0.2) is 0 Å². The normalized spacial score (nSPS) is 11.6. The summed E-state index contributed by atoms with van der Waals surface area (Å²) < 4.78 is 5.20. The van der Waals surface area contributed by atoms with E-state index in [9.17, 15) is 0 Å². The number of alkyl halides is 2. The average Bonchev–Trinajstić information content (AvgIpc) is 2.35. The molecule has 1 aromatic rings. The summed E-state index contributed by atoms with van der Waals surface area (Å²) in [7, 11) is 1.65. The predicted molar refractivity (Wildman–Crippen MR) is 72.2 cm³/mol. The van der Waals surface area contributed by atoms with Crippen LogP contribution < -0.4 is 10.1 Å². The predicted octanol–water partition coefficient (Wildman–Crippen LogP) is 2.72. The fraction of sp³-hybridized carbons (Fsp3) is 0.583. The van der Waals surface area contributed by atoms with Gasteiger partial charge in [-0.2, -0.15) is 0 Å². The summed E-state index contributed by atoms with van der Waals surface area (Å²) in [5, 5.41) is 3.31. The van der Waals surface area contributed by atoms with Crippen molar-refractivity contribution in [3.8, 4) is 5.75 Å². The Morgan fingerprint density at radius 1 is 1.35 bits per heavy atom. The molecular weight excluding hydrogens is 259 g/mol. The highest BCUT2D eigenvalue weighted by Crippen LogP contribution is 2.15. The van der Waals surface area contributed by atoms with Crippen molar-refractivity contribution >= 4 is 23.2 Å². The van der Waals surface area contributed by atoms with Crippen LogP contribution in [-0.4, -0.2) is 29.4 Å². The Morgan fingerprint density at radius 2 is 2.00 bits per heavy atom. The lowest BCUT2D eigenvalue weighted by molar-refractivity contribution is 0.408. The summed E-state index contributed by atoms with van der Waals surface area (Å²) >= 11 is 11.7. The quantitative estimate of drug-likeness (QED) is 0.812. The molecule has 0 bridgehead atoms. The number of nitrogens with zero attached hydrogens (tertiary/aromatic N) is 1. The maximum absolute atomic E-state index is 5.87. The molecule has 17 heavy (non-hydrogen) atoms. The van der Waals surface area contributed by atoms with Crippen LogP contribution in [0.25, 0.3) is 0 Å². The van der Waals surface area contributed by atoms with E-state index in [2.05, 4.69) is 10.3 Å². The minimum Gasteiger partial charge on any atom is -0.497 e. The first kappa shape index (κ1) is 14.6. The molecule has 0 unspecified atom stereocenters. The monoisotopic (exact) mass is 276 g/mol. The summed E-state index contributed by atoms with van der Waals surface area (Å²) in [4.78, 5) is 4.42. The van der Waals surface area contributed by atoms with Crippen LogP contribution in [0.1, 0.15) is 18.3 Å². The minimum atomic E-state index is -0.276. The number of halogens is 2. The van der Waals surface area contributed by atoms with Gasteiger partial charge in [0, 0.05) is 41.7 Å². The van der Waals surface area contributed by atoms with Crippen LogP contribution >= 0.6 is 23.2 Å². The molecule has 0 aliphatic carbocycles. The molecule has 0 aliphatic heterocycles. The van der Waals surface area contributed by atoms with E-state index < -0.39 is 0 Å². The molecule has 1 N–H and O–H groups in total. The van der Waals surface area contributed by atoms with Crippen molar-refractivity contribution in [2.24, 2.45) is 0 Å². The second-order valence-electron chi connectivity index (χ2n) is 4.32. The van der Waals surface area contributed by atoms with Crippen LogP contribution in [0, 0.1) is 6.92 Å². The standard InChI is InChI=1S/C12H18Cl2N2O/c1-9-4-11(17-3)5-10(16-9)6-15-12(2,7-13)8-14/h4-5,15H,6-8H2,1-3H3. The summed E-state index contributed by atoms with van der Waals surface area (Å²) in [6, 6.07) is 3.80. The summed E-state index contributed by atoms with van der Waals surface area (Å²) in [6.45, 7) is 4.54. The molecule has 0 aliphatic rings. The number of nitrogens with one attached hydrogen (secondary N) is 1. The van der Waals surface area contributed by atoms with Gasteiger partial charge in [0.05, 0.1) is 12.8 Å². The van der Waals surface area contributed by atoms with Gasteiger partial charge >= 0.3 is 0 Å². The van der Waals surface area contributed by atoms with Gasteiger partial charge in [0.2, 0.25) is 0 Å². The van der Waals surface area contributed by atoms with Gasteiger partial charge in [-0.25, -0.2) is 0 Å². The maximum Gasteiger partial charge on any atom is 0.122 e. The zero-order chi connectivity index (χ0) is 12.9.